The molecule has 5 nitrogen and oxygen atoms in total. The summed E-state index contributed by atoms with van der Waals surface area (Å²) in [5, 5.41) is 9.07. The van der Waals surface area contributed by atoms with Gasteiger partial charge in [-0.2, -0.15) is 5.10 Å². The smallest absolute Gasteiger partial charge is 0.148 e. The SMILES string of the molecule is C=C1CCC(c2nn(C)c3c(N4CCN(C)CC4)c(F)ccc23)C(=C)N1. The van der Waals surface area contributed by atoms with Gasteiger partial charge in [-0.3, -0.25) is 4.68 Å². The molecule has 2 saturated heterocycles. The van der Waals surface area contributed by atoms with Crippen molar-refractivity contribution in [2.24, 2.45) is 7.05 Å². The first-order valence-electron chi connectivity index (χ1n) is 9.18. The number of piperazine rings is 1. The third-order valence-electron chi connectivity index (χ3n) is 5.60. The van der Waals surface area contributed by atoms with E-state index in [1.54, 1.807) is 6.07 Å². The van der Waals surface area contributed by atoms with Gasteiger partial charge >= 0.3 is 0 Å². The standard InChI is InChI=1S/C20H26FN5/c1-13-5-6-15(14(2)22-13)18-16-7-8-17(21)20(19(16)25(4)23-18)26-11-9-24(3)10-12-26/h7-8,15,22H,1-2,5-6,9-12H2,3-4H3. The summed E-state index contributed by atoms with van der Waals surface area (Å²) in [6.07, 6.45) is 1.83. The maximum Gasteiger partial charge on any atom is 0.148 e. The number of nitrogens with one attached hydrogen (secondary N) is 1. The van der Waals surface area contributed by atoms with E-state index in [1.807, 2.05) is 17.8 Å². The zero-order valence-corrected chi connectivity index (χ0v) is 15.6. The largest absolute Gasteiger partial charge is 0.365 e. The molecule has 3 heterocycles. The molecule has 1 unspecified atom stereocenters. The molecule has 0 amide bonds. The van der Waals surface area contributed by atoms with Crippen LogP contribution >= 0.6 is 0 Å². The van der Waals surface area contributed by atoms with Crippen molar-refractivity contribution < 1.29 is 4.39 Å². The predicted octanol–water partition coefficient (Wildman–Crippen LogP) is 2.96. The van der Waals surface area contributed by atoms with E-state index in [9.17, 15) is 4.39 Å². The van der Waals surface area contributed by atoms with Crippen molar-refractivity contribution in [3.8, 4) is 0 Å². The van der Waals surface area contributed by atoms with Gasteiger partial charge in [-0.15, -0.1) is 0 Å². The number of anilines is 1. The van der Waals surface area contributed by atoms with Crippen LogP contribution in [0.4, 0.5) is 10.1 Å². The molecule has 4 rings (SSSR count). The Hall–Kier alpha value is -2.34. The van der Waals surface area contributed by atoms with Crippen molar-refractivity contribution in [1.29, 1.82) is 0 Å². The van der Waals surface area contributed by atoms with E-state index in [-0.39, 0.29) is 11.7 Å². The number of hydrogen-bond donors (Lipinski definition) is 1. The summed E-state index contributed by atoms with van der Waals surface area (Å²) in [7, 11) is 4.01. The van der Waals surface area contributed by atoms with Crippen molar-refractivity contribution in [3.05, 3.63) is 48.2 Å². The Morgan fingerprint density at radius 3 is 2.58 bits per heavy atom. The van der Waals surface area contributed by atoms with Crippen LogP contribution in [-0.4, -0.2) is 47.9 Å². The predicted molar refractivity (Wildman–Crippen MR) is 104 cm³/mol. The fourth-order valence-electron chi connectivity index (χ4n) is 4.11. The van der Waals surface area contributed by atoms with E-state index >= 15 is 0 Å². The summed E-state index contributed by atoms with van der Waals surface area (Å²) in [5.74, 6) is -0.0550. The van der Waals surface area contributed by atoms with Gasteiger partial charge in [-0.05, 0) is 32.0 Å². The van der Waals surface area contributed by atoms with Crippen LogP contribution in [0.3, 0.4) is 0 Å². The number of aryl methyl sites for hydroxylation is 1. The average molecular weight is 355 g/mol. The Bertz CT molecular complexity index is 876. The summed E-state index contributed by atoms with van der Waals surface area (Å²) in [6, 6.07) is 3.45. The number of nitrogens with zero attached hydrogens (tertiary/aromatic N) is 4. The van der Waals surface area contributed by atoms with Gasteiger partial charge in [-0.1, -0.05) is 13.2 Å². The average Bonchev–Trinajstić information content (AvgIpc) is 2.93. The minimum Gasteiger partial charge on any atom is -0.365 e. The highest BCUT2D eigenvalue weighted by Crippen LogP contribution is 2.39. The van der Waals surface area contributed by atoms with E-state index in [2.05, 4.69) is 35.3 Å². The molecule has 26 heavy (non-hydrogen) atoms. The number of allylic oxidation sites excluding steroid dienone is 2. The van der Waals surface area contributed by atoms with Crippen molar-refractivity contribution in [2.75, 3.05) is 38.1 Å². The fourth-order valence-corrected chi connectivity index (χ4v) is 4.11. The quantitative estimate of drug-likeness (QED) is 0.899. The molecule has 2 aliphatic heterocycles. The molecule has 1 atom stereocenters. The van der Waals surface area contributed by atoms with Crippen molar-refractivity contribution in [3.63, 3.8) is 0 Å². The molecule has 1 N–H and O–H groups in total. The first-order valence-corrected chi connectivity index (χ1v) is 9.18. The maximum atomic E-state index is 14.8. The third-order valence-corrected chi connectivity index (χ3v) is 5.60. The second kappa shape index (κ2) is 6.43. The molecule has 138 valence electrons. The Morgan fingerprint density at radius 2 is 1.88 bits per heavy atom. The number of piperidine rings is 1. The molecule has 1 aromatic carbocycles. The zero-order chi connectivity index (χ0) is 18.4. The van der Waals surface area contributed by atoms with E-state index in [0.29, 0.717) is 5.69 Å². The fraction of sp³-hybridized carbons (Fsp3) is 0.450. The summed E-state index contributed by atoms with van der Waals surface area (Å²) in [5.41, 5.74) is 4.45. The lowest BCUT2D eigenvalue weighted by atomic mass is 9.90. The lowest BCUT2D eigenvalue weighted by molar-refractivity contribution is 0.312. The second-order valence-electron chi connectivity index (χ2n) is 7.44. The Balaban J connectivity index is 1.80. The van der Waals surface area contributed by atoms with Crippen LogP contribution < -0.4 is 10.2 Å². The second-order valence-corrected chi connectivity index (χ2v) is 7.44. The molecule has 2 aromatic rings. The summed E-state index contributed by atoms with van der Waals surface area (Å²) >= 11 is 0. The van der Waals surface area contributed by atoms with Gasteiger partial charge in [0.2, 0.25) is 0 Å². The van der Waals surface area contributed by atoms with Crippen molar-refractivity contribution in [1.82, 2.24) is 20.0 Å². The van der Waals surface area contributed by atoms with Gasteiger partial charge < -0.3 is 15.1 Å². The van der Waals surface area contributed by atoms with Gasteiger partial charge in [-0.25, -0.2) is 4.39 Å². The molecular formula is C20H26FN5. The van der Waals surface area contributed by atoms with Gasteiger partial charge in [0, 0.05) is 55.9 Å². The number of benzene rings is 1. The number of aromatic nitrogens is 2. The van der Waals surface area contributed by atoms with E-state index < -0.39 is 0 Å². The molecule has 0 saturated carbocycles. The van der Waals surface area contributed by atoms with Gasteiger partial charge in [0.15, 0.2) is 0 Å². The van der Waals surface area contributed by atoms with Crippen LogP contribution in [0, 0.1) is 5.82 Å². The molecule has 6 heteroatoms. The molecule has 1 aromatic heterocycles. The van der Waals surface area contributed by atoms with E-state index in [0.717, 1.165) is 67.0 Å². The van der Waals surface area contributed by atoms with Crippen LogP contribution in [0.2, 0.25) is 0 Å². The summed E-state index contributed by atoms with van der Waals surface area (Å²) in [4.78, 5) is 4.42. The number of fused-ring (bicyclic) bond motifs is 1. The molecular weight excluding hydrogens is 329 g/mol. The molecule has 0 bridgehead atoms. The Morgan fingerprint density at radius 1 is 1.15 bits per heavy atom. The van der Waals surface area contributed by atoms with Crippen molar-refractivity contribution in [2.45, 2.75) is 18.8 Å². The molecule has 0 aliphatic carbocycles. The highest BCUT2D eigenvalue weighted by atomic mass is 19.1. The van der Waals surface area contributed by atoms with Gasteiger partial charge in [0.25, 0.3) is 0 Å². The lowest BCUT2D eigenvalue weighted by Gasteiger charge is -2.34. The number of likely N-dealkylation sites (N-methyl/N-ethyl adjacent to an activating group) is 1. The monoisotopic (exact) mass is 355 g/mol. The van der Waals surface area contributed by atoms with Crippen LogP contribution in [0.25, 0.3) is 10.9 Å². The first kappa shape index (κ1) is 17.1. The van der Waals surface area contributed by atoms with Crippen molar-refractivity contribution >= 4 is 16.6 Å². The first-order chi connectivity index (χ1) is 12.5. The molecule has 0 spiro atoms. The maximum absolute atomic E-state index is 14.8. The lowest BCUT2D eigenvalue weighted by Crippen LogP contribution is -2.45. The summed E-state index contributed by atoms with van der Waals surface area (Å²) < 4.78 is 16.7. The minimum atomic E-state index is -0.175. The number of hydrogen-bond acceptors (Lipinski definition) is 4. The zero-order valence-electron chi connectivity index (χ0n) is 15.6. The summed E-state index contributed by atoms with van der Waals surface area (Å²) in [6.45, 7) is 11.7. The molecule has 2 aliphatic rings. The topological polar surface area (TPSA) is 36.3 Å². The Labute approximate surface area is 153 Å². The Kier molecular flexibility index (Phi) is 4.23. The highest BCUT2D eigenvalue weighted by Gasteiger charge is 2.28. The molecule has 2 fully saturated rings. The van der Waals surface area contributed by atoms with Gasteiger partial charge in [0.05, 0.1) is 16.9 Å². The van der Waals surface area contributed by atoms with Crippen LogP contribution in [0.15, 0.2) is 36.7 Å². The molecule has 0 radical (unpaired) electrons. The van der Waals surface area contributed by atoms with Crippen LogP contribution in [-0.2, 0) is 7.05 Å². The minimum absolute atomic E-state index is 0.120. The van der Waals surface area contributed by atoms with Gasteiger partial charge in [0.1, 0.15) is 5.82 Å². The normalized spacial score (nSPS) is 22.1. The number of halogens is 1. The highest BCUT2D eigenvalue weighted by molar-refractivity contribution is 5.94. The van der Waals surface area contributed by atoms with Crippen LogP contribution in [0.5, 0.6) is 0 Å². The van der Waals surface area contributed by atoms with E-state index in [1.165, 1.54) is 0 Å². The van der Waals surface area contributed by atoms with E-state index in [4.69, 9.17) is 5.10 Å². The van der Waals surface area contributed by atoms with Crippen LogP contribution in [0.1, 0.15) is 24.5 Å². The number of rotatable bonds is 2. The third kappa shape index (κ3) is 2.78.